The van der Waals surface area contributed by atoms with Crippen LogP contribution in [-0.4, -0.2) is 4.57 Å². The molecule has 0 radical (unpaired) electrons. The maximum absolute atomic E-state index is 9.69. The van der Waals surface area contributed by atoms with Crippen molar-refractivity contribution in [1.29, 1.82) is 0 Å². The highest BCUT2D eigenvalue weighted by molar-refractivity contribution is 6.30. The molecule has 0 saturated heterocycles. The molecule has 0 bridgehead atoms. The third-order valence-electron chi connectivity index (χ3n) is 8.69. The van der Waals surface area contributed by atoms with Gasteiger partial charge in [-0.25, -0.2) is 0 Å². The van der Waals surface area contributed by atoms with Gasteiger partial charge in [0.1, 0.15) is 5.58 Å². The van der Waals surface area contributed by atoms with Crippen molar-refractivity contribution in [3.8, 4) is 27.9 Å². The van der Waals surface area contributed by atoms with Crippen LogP contribution in [0.15, 0.2) is 198 Å². The molecule has 0 N–H and O–H groups in total. The van der Waals surface area contributed by atoms with Crippen molar-refractivity contribution in [2.75, 3.05) is 4.90 Å². The van der Waals surface area contributed by atoms with Gasteiger partial charge in [0.15, 0.2) is 5.58 Å². The Labute approximate surface area is 321 Å². The summed E-state index contributed by atoms with van der Waals surface area (Å²) in [7, 11) is 0. The SMILES string of the molecule is [2H]c1c([2H])c([2H])c(-c2c([2H])c([2H])c(N(c3c([2H])c([2H])c(-c4c([2H])c([2H])c([2H])c([2H])c4[2H])c([2H])c3[2H])c3cc4c(c5ccccc5n4-c4ccccc4)c4c3oc3ccccc34)c([2H])c2[2H])c([2H])c1[2H]. The lowest BCUT2D eigenvalue weighted by molar-refractivity contribution is 0.669. The summed E-state index contributed by atoms with van der Waals surface area (Å²) in [6, 6.07) is 10.7. The van der Waals surface area contributed by atoms with E-state index in [0.717, 1.165) is 15.8 Å². The molecule has 10 rings (SSSR count). The Bertz CT molecular complexity index is 3650. The van der Waals surface area contributed by atoms with E-state index >= 15 is 0 Å². The van der Waals surface area contributed by atoms with Gasteiger partial charge in [-0.05, 0) is 76.8 Å². The van der Waals surface area contributed by atoms with Crippen LogP contribution in [-0.2, 0) is 0 Å². The summed E-state index contributed by atoms with van der Waals surface area (Å²) >= 11 is 0. The third-order valence-corrected chi connectivity index (χ3v) is 8.69. The first-order valence-corrected chi connectivity index (χ1v) is 15.9. The minimum atomic E-state index is -0.877. The molecule has 0 aliphatic rings. The quantitative estimate of drug-likeness (QED) is 0.176. The van der Waals surface area contributed by atoms with Crippen LogP contribution in [0.4, 0.5) is 17.1 Å². The molecule has 0 atom stereocenters. The highest BCUT2D eigenvalue weighted by Crippen LogP contribution is 2.48. The van der Waals surface area contributed by atoms with E-state index in [0.29, 0.717) is 32.9 Å². The van der Waals surface area contributed by atoms with Crippen LogP contribution >= 0.6 is 0 Å². The molecule has 0 saturated carbocycles. The number of hydrogen-bond donors (Lipinski definition) is 0. The molecule has 0 spiro atoms. The molecule has 2 heterocycles. The van der Waals surface area contributed by atoms with Crippen LogP contribution in [0.3, 0.4) is 0 Å². The number of benzene rings is 8. The molecule has 2 aromatic heterocycles. The molecular formula is C48H32N2O. The molecule has 8 aromatic carbocycles. The lowest BCUT2D eigenvalue weighted by Crippen LogP contribution is -2.10. The van der Waals surface area contributed by atoms with Crippen molar-refractivity contribution in [3.63, 3.8) is 0 Å². The van der Waals surface area contributed by atoms with E-state index in [1.54, 1.807) is 24.3 Å². The first-order valence-electron chi connectivity index (χ1n) is 24.9. The minimum Gasteiger partial charge on any atom is -0.454 e. The largest absolute Gasteiger partial charge is 0.454 e. The normalized spacial score (nSPS) is 16.5. The highest BCUT2D eigenvalue weighted by atomic mass is 16.3. The fourth-order valence-corrected chi connectivity index (χ4v) is 6.54. The summed E-state index contributed by atoms with van der Waals surface area (Å²) in [5.74, 6) is 0. The first kappa shape index (κ1) is 16.2. The minimum absolute atomic E-state index is 0.0535. The lowest BCUT2D eigenvalue weighted by Gasteiger charge is -2.26. The molecule has 240 valence electrons. The number of fused-ring (bicyclic) bond motifs is 7. The Morgan fingerprint density at radius 1 is 0.471 bits per heavy atom. The van der Waals surface area contributed by atoms with Crippen LogP contribution in [0.2, 0.25) is 0 Å². The second-order valence-electron chi connectivity index (χ2n) is 11.6. The van der Waals surface area contributed by atoms with Crippen molar-refractivity contribution in [1.82, 2.24) is 4.57 Å². The monoisotopic (exact) mass is 670 g/mol. The Morgan fingerprint density at radius 3 is 1.63 bits per heavy atom. The van der Waals surface area contributed by atoms with Gasteiger partial charge in [0.25, 0.3) is 0 Å². The van der Waals surface area contributed by atoms with Crippen molar-refractivity contribution in [2.45, 2.75) is 0 Å². The van der Waals surface area contributed by atoms with E-state index in [1.165, 1.54) is 0 Å². The van der Waals surface area contributed by atoms with Gasteiger partial charge in [-0.2, -0.15) is 0 Å². The summed E-state index contributed by atoms with van der Waals surface area (Å²) < 4.78 is 169. The Morgan fingerprint density at radius 2 is 1.00 bits per heavy atom. The van der Waals surface area contributed by atoms with Crippen LogP contribution in [0.1, 0.15) is 24.7 Å². The zero-order valence-electron chi connectivity index (χ0n) is 44.4. The predicted octanol–water partition coefficient (Wildman–Crippen LogP) is 13.5. The fraction of sp³-hybridized carbons (Fsp3) is 0. The summed E-state index contributed by atoms with van der Waals surface area (Å²) in [4.78, 5) is 1.01. The molecule has 3 heteroatoms. The highest BCUT2D eigenvalue weighted by Gasteiger charge is 2.25. The maximum Gasteiger partial charge on any atom is 0.160 e. The second-order valence-corrected chi connectivity index (χ2v) is 11.6. The Balaban J connectivity index is 1.42. The number of aromatic nitrogens is 1. The van der Waals surface area contributed by atoms with Gasteiger partial charge < -0.3 is 13.9 Å². The van der Waals surface area contributed by atoms with Crippen LogP contribution in [0.25, 0.3) is 71.7 Å². The van der Waals surface area contributed by atoms with Gasteiger partial charge in [-0.15, -0.1) is 0 Å². The van der Waals surface area contributed by atoms with E-state index in [2.05, 4.69) is 0 Å². The Hall–Kier alpha value is -6.84. The molecule has 0 fully saturated rings. The van der Waals surface area contributed by atoms with Crippen LogP contribution in [0.5, 0.6) is 0 Å². The number of nitrogens with zero attached hydrogens (tertiary/aromatic N) is 2. The first-order chi connectivity index (χ1) is 32.8. The summed E-state index contributed by atoms with van der Waals surface area (Å²) in [5.41, 5.74) is -1.55. The topological polar surface area (TPSA) is 21.3 Å². The molecule has 0 aliphatic heterocycles. The van der Waals surface area contributed by atoms with E-state index in [-0.39, 0.29) is 11.3 Å². The number of hydrogen-bond acceptors (Lipinski definition) is 2. The lowest BCUT2D eigenvalue weighted by atomic mass is 10.0. The predicted molar refractivity (Wildman–Crippen MR) is 214 cm³/mol. The molecule has 51 heavy (non-hydrogen) atoms. The summed E-state index contributed by atoms with van der Waals surface area (Å²) in [6.45, 7) is 0. The third kappa shape index (κ3) is 4.82. The summed E-state index contributed by atoms with van der Waals surface area (Å²) in [5, 5.41) is 2.56. The van der Waals surface area contributed by atoms with E-state index < -0.39 is 142 Å². The number of para-hydroxylation sites is 3. The average molecular weight is 671 g/mol. The summed E-state index contributed by atoms with van der Waals surface area (Å²) in [6.07, 6.45) is 0. The van der Waals surface area contributed by atoms with Gasteiger partial charge in [0.05, 0.1) is 41.4 Å². The van der Waals surface area contributed by atoms with Gasteiger partial charge >= 0.3 is 0 Å². The van der Waals surface area contributed by atoms with Crippen LogP contribution in [0, 0.1) is 0 Å². The molecule has 10 aromatic rings. The standard InChI is InChI=1S/C48H32N2O/c1-4-14-33(15-5-1)35-24-28-38(29-25-35)49(39-30-26-36(27-31-39)34-16-6-2-7-17-34)44-32-43-46(47-41-21-11-13-23-45(41)51-48(44)47)40-20-10-12-22-42(40)50(43)37-18-8-3-9-19-37/h1-32H/i1D,2D,4D,5D,6D,7D,14D,15D,16D,17D,24D,25D,26D,27D,28D,29D,30D,31D. The maximum atomic E-state index is 9.69. The zero-order valence-corrected chi connectivity index (χ0v) is 26.4. The van der Waals surface area contributed by atoms with Crippen molar-refractivity contribution in [3.05, 3.63) is 194 Å². The van der Waals surface area contributed by atoms with E-state index in [4.69, 9.17) is 18.1 Å². The molecule has 3 nitrogen and oxygen atoms in total. The second kappa shape index (κ2) is 11.9. The number of furan rings is 1. The molecule has 0 unspecified atom stereocenters. The van der Waals surface area contributed by atoms with E-state index in [9.17, 15) is 11.0 Å². The fourth-order valence-electron chi connectivity index (χ4n) is 6.54. The van der Waals surface area contributed by atoms with Gasteiger partial charge in [0.2, 0.25) is 0 Å². The smallest absolute Gasteiger partial charge is 0.160 e. The van der Waals surface area contributed by atoms with Gasteiger partial charge in [-0.3, -0.25) is 0 Å². The van der Waals surface area contributed by atoms with Crippen molar-refractivity contribution >= 4 is 60.8 Å². The average Bonchev–Trinajstić information content (AvgIpc) is 3.90. The van der Waals surface area contributed by atoms with Crippen LogP contribution < -0.4 is 4.90 Å². The Kier molecular flexibility index (Phi) is 3.80. The number of rotatable bonds is 6. The molecule has 0 amide bonds. The van der Waals surface area contributed by atoms with E-state index in [1.807, 2.05) is 65.2 Å². The van der Waals surface area contributed by atoms with Gasteiger partial charge in [-0.1, -0.05) is 139 Å². The zero-order chi connectivity index (χ0) is 49.4. The number of anilines is 3. The molecular weight excluding hydrogens is 621 g/mol. The van der Waals surface area contributed by atoms with Crippen molar-refractivity contribution in [2.24, 2.45) is 0 Å². The van der Waals surface area contributed by atoms with Gasteiger partial charge in [0, 0.05) is 38.6 Å². The van der Waals surface area contributed by atoms with Crippen molar-refractivity contribution < 1.29 is 29.1 Å². The molecule has 0 aliphatic carbocycles.